The summed E-state index contributed by atoms with van der Waals surface area (Å²) in [4.78, 5) is 11.6. The molecule has 27 heavy (non-hydrogen) atoms. The first-order chi connectivity index (χ1) is 13.1. The molecule has 6 rings (SSSR count). The fraction of sp³-hybridized carbons (Fsp3) is 0.458. The molecule has 2 aromatic carbocycles. The normalized spacial score (nSPS) is 33.0. The molecule has 4 saturated carbocycles. The molecule has 4 aliphatic carbocycles. The van der Waals surface area contributed by atoms with Crippen LogP contribution in [0, 0.1) is 17.8 Å². The first-order valence-electron chi connectivity index (χ1n) is 10.1. The number of hydrogen-bond acceptors (Lipinski definition) is 3. The fourth-order valence-electron chi connectivity index (χ4n) is 6.17. The summed E-state index contributed by atoms with van der Waals surface area (Å²) >= 11 is 0. The molecule has 4 bridgehead atoms. The van der Waals surface area contributed by atoms with Gasteiger partial charge in [-0.1, -0.05) is 36.4 Å². The summed E-state index contributed by atoms with van der Waals surface area (Å²) in [6, 6.07) is 12.2. The van der Waals surface area contributed by atoms with Gasteiger partial charge in [0.2, 0.25) is 0 Å². The molecule has 2 atom stereocenters. The second-order valence-corrected chi connectivity index (χ2v) is 8.64. The molecule has 0 N–H and O–H groups in total. The highest BCUT2D eigenvalue weighted by Gasteiger charge is 2.54. The molecule has 3 nitrogen and oxygen atoms in total. The van der Waals surface area contributed by atoms with E-state index in [1.807, 2.05) is 19.2 Å². The van der Waals surface area contributed by atoms with Crippen molar-refractivity contribution < 1.29 is 14.3 Å². The second kappa shape index (κ2) is 6.20. The van der Waals surface area contributed by atoms with E-state index in [2.05, 4.69) is 30.3 Å². The molecule has 4 fully saturated rings. The fourth-order valence-corrected chi connectivity index (χ4v) is 6.17. The van der Waals surface area contributed by atoms with E-state index in [-0.39, 0.29) is 11.6 Å². The average molecular weight is 362 g/mol. The van der Waals surface area contributed by atoms with Gasteiger partial charge >= 0.3 is 5.97 Å². The Morgan fingerprint density at radius 2 is 1.78 bits per heavy atom. The van der Waals surface area contributed by atoms with Crippen LogP contribution in [0.25, 0.3) is 16.8 Å². The van der Waals surface area contributed by atoms with Gasteiger partial charge in [-0.25, -0.2) is 0 Å². The van der Waals surface area contributed by atoms with Crippen LogP contribution in [0.1, 0.15) is 44.6 Å². The van der Waals surface area contributed by atoms with E-state index in [9.17, 15) is 4.79 Å². The maximum atomic E-state index is 11.6. The van der Waals surface area contributed by atoms with Gasteiger partial charge in [0.15, 0.2) is 0 Å². The molecule has 0 radical (unpaired) electrons. The minimum Gasteiger partial charge on any atom is -0.426 e. The summed E-state index contributed by atoms with van der Waals surface area (Å²) in [5.74, 6) is 2.63. The van der Waals surface area contributed by atoms with Crippen molar-refractivity contribution >= 4 is 22.8 Å². The zero-order valence-electron chi connectivity index (χ0n) is 16.0. The summed E-state index contributed by atoms with van der Waals surface area (Å²) in [5, 5.41) is 2.11. The summed E-state index contributed by atoms with van der Waals surface area (Å²) in [5.41, 5.74) is 2.50. The molecule has 0 heterocycles. The first kappa shape index (κ1) is 17.0. The highest BCUT2D eigenvalue weighted by molar-refractivity contribution is 5.97. The van der Waals surface area contributed by atoms with Crippen molar-refractivity contribution in [3.05, 3.63) is 47.5 Å². The largest absolute Gasteiger partial charge is 0.426 e. The van der Waals surface area contributed by atoms with Crippen LogP contribution in [0.4, 0.5) is 0 Å². The van der Waals surface area contributed by atoms with E-state index in [4.69, 9.17) is 9.47 Å². The SMILES string of the molecule is COC12CC3CC(CC(C3)C1=Cc1cccc3cccc(OC(C)=O)c13)C2. The number of methoxy groups -OCH3 is 1. The lowest BCUT2D eigenvalue weighted by Crippen LogP contribution is -2.53. The van der Waals surface area contributed by atoms with Gasteiger partial charge in [-0.05, 0) is 72.4 Å². The van der Waals surface area contributed by atoms with Gasteiger partial charge < -0.3 is 9.47 Å². The Morgan fingerprint density at radius 1 is 1.07 bits per heavy atom. The standard InChI is InChI=1S/C24H26O3/c1-15(25)27-22-8-4-6-18-5-3-7-19(23(18)22)12-21-20-10-16-9-17(11-20)14-24(21,13-16)26-2/h3-8,12,16-17,20H,9-11,13-14H2,1-2H3. The van der Waals surface area contributed by atoms with Gasteiger partial charge in [0.1, 0.15) is 5.75 Å². The van der Waals surface area contributed by atoms with Gasteiger partial charge in [-0.2, -0.15) is 0 Å². The Hall–Kier alpha value is -2.13. The minimum absolute atomic E-state index is 0.0900. The molecule has 0 spiro atoms. The zero-order valence-corrected chi connectivity index (χ0v) is 16.0. The van der Waals surface area contributed by atoms with E-state index in [0.717, 1.165) is 41.0 Å². The van der Waals surface area contributed by atoms with Crippen LogP contribution in [0.2, 0.25) is 0 Å². The molecule has 0 saturated heterocycles. The van der Waals surface area contributed by atoms with Crippen molar-refractivity contribution in [1.29, 1.82) is 0 Å². The molecular weight excluding hydrogens is 336 g/mol. The lowest BCUT2D eigenvalue weighted by molar-refractivity contribution is -0.131. The van der Waals surface area contributed by atoms with Gasteiger partial charge in [-0.15, -0.1) is 0 Å². The third-order valence-electron chi connectivity index (χ3n) is 6.96. The Labute approximate surface area is 160 Å². The number of benzene rings is 2. The monoisotopic (exact) mass is 362 g/mol. The number of hydrogen-bond donors (Lipinski definition) is 0. The highest BCUT2D eigenvalue weighted by atomic mass is 16.5. The molecule has 0 aromatic heterocycles. The molecular formula is C24H26O3. The van der Waals surface area contributed by atoms with Crippen LogP contribution >= 0.6 is 0 Å². The van der Waals surface area contributed by atoms with E-state index in [1.54, 1.807) is 0 Å². The van der Waals surface area contributed by atoms with Crippen molar-refractivity contribution in [3.8, 4) is 5.75 Å². The number of rotatable bonds is 3. The average Bonchev–Trinajstić information content (AvgIpc) is 2.64. The van der Waals surface area contributed by atoms with Crippen LogP contribution < -0.4 is 4.74 Å². The highest BCUT2D eigenvalue weighted by Crippen LogP contribution is 2.60. The van der Waals surface area contributed by atoms with Gasteiger partial charge in [-0.3, -0.25) is 4.79 Å². The second-order valence-electron chi connectivity index (χ2n) is 8.64. The lowest BCUT2D eigenvalue weighted by atomic mass is 9.52. The summed E-state index contributed by atoms with van der Waals surface area (Å²) < 4.78 is 11.7. The minimum atomic E-state index is -0.284. The van der Waals surface area contributed by atoms with Gasteiger partial charge in [0, 0.05) is 19.4 Å². The quantitative estimate of drug-likeness (QED) is 0.544. The maximum Gasteiger partial charge on any atom is 0.308 e. The predicted molar refractivity (Wildman–Crippen MR) is 107 cm³/mol. The van der Waals surface area contributed by atoms with E-state index >= 15 is 0 Å². The van der Waals surface area contributed by atoms with Crippen LogP contribution in [-0.4, -0.2) is 18.7 Å². The Balaban J connectivity index is 1.67. The van der Waals surface area contributed by atoms with E-state index in [1.165, 1.54) is 31.8 Å². The summed E-state index contributed by atoms with van der Waals surface area (Å²) in [6.07, 6.45) is 8.65. The number of esters is 1. The van der Waals surface area contributed by atoms with Crippen molar-refractivity contribution in [1.82, 2.24) is 0 Å². The third-order valence-corrected chi connectivity index (χ3v) is 6.96. The third kappa shape index (κ3) is 2.71. The topological polar surface area (TPSA) is 35.5 Å². The number of fused-ring (bicyclic) bond motifs is 1. The zero-order chi connectivity index (χ0) is 18.6. The van der Waals surface area contributed by atoms with Crippen LogP contribution in [0.5, 0.6) is 5.75 Å². The van der Waals surface area contributed by atoms with Crippen molar-refractivity contribution in [2.45, 2.75) is 44.6 Å². The van der Waals surface area contributed by atoms with Crippen molar-refractivity contribution in [2.75, 3.05) is 7.11 Å². The molecule has 140 valence electrons. The molecule has 0 amide bonds. The van der Waals surface area contributed by atoms with E-state index in [0.29, 0.717) is 11.7 Å². The van der Waals surface area contributed by atoms with Crippen LogP contribution in [0.15, 0.2) is 42.0 Å². The molecule has 4 aliphatic rings. The maximum absolute atomic E-state index is 11.6. The lowest BCUT2D eigenvalue weighted by Gasteiger charge is -2.57. The summed E-state index contributed by atoms with van der Waals surface area (Å²) in [7, 11) is 1.88. The van der Waals surface area contributed by atoms with Crippen LogP contribution in [-0.2, 0) is 9.53 Å². The molecule has 2 aromatic rings. The molecule has 3 heteroatoms. The first-order valence-corrected chi connectivity index (χ1v) is 10.1. The Kier molecular flexibility index (Phi) is 3.90. The number of carbonyl (C=O) groups is 1. The predicted octanol–water partition coefficient (Wildman–Crippen LogP) is 5.37. The van der Waals surface area contributed by atoms with Gasteiger partial charge in [0.25, 0.3) is 0 Å². The number of ether oxygens (including phenoxy) is 2. The summed E-state index contributed by atoms with van der Waals surface area (Å²) in [6.45, 7) is 1.46. The van der Waals surface area contributed by atoms with Gasteiger partial charge in [0.05, 0.1) is 5.60 Å². The number of carbonyl (C=O) groups excluding carboxylic acids is 1. The molecule has 0 aliphatic heterocycles. The van der Waals surface area contributed by atoms with Crippen molar-refractivity contribution in [3.63, 3.8) is 0 Å². The van der Waals surface area contributed by atoms with E-state index < -0.39 is 0 Å². The van der Waals surface area contributed by atoms with Crippen molar-refractivity contribution in [2.24, 2.45) is 17.8 Å². The molecule has 2 unspecified atom stereocenters. The Bertz CT molecular complexity index is 923. The van der Waals surface area contributed by atoms with Crippen LogP contribution in [0.3, 0.4) is 0 Å². The Morgan fingerprint density at radius 3 is 2.44 bits per heavy atom. The smallest absolute Gasteiger partial charge is 0.308 e.